The third-order valence-electron chi connectivity index (χ3n) is 5.96. The number of carbonyl (C=O) groups excluding carboxylic acids is 3. The molecule has 0 bridgehead atoms. The second-order valence-corrected chi connectivity index (χ2v) is 8.60. The molecule has 1 aliphatic rings. The van der Waals surface area contributed by atoms with Gasteiger partial charge in [-0.3, -0.25) is 19.2 Å². The summed E-state index contributed by atoms with van der Waals surface area (Å²) in [5.74, 6) is -0.581. The Balaban J connectivity index is 1.28. The monoisotopic (exact) mass is 497 g/mol. The van der Waals surface area contributed by atoms with Crippen molar-refractivity contribution in [3.8, 4) is 5.75 Å². The van der Waals surface area contributed by atoms with Gasteiger partial charge in [-0.1, -0.05) is 30.3 Å². The zero-order valence-corrected chi connectivity index (χ0v) is 19.8. The Kier molecular flexibility index (Phi) is 6.38. The van der Waals surface area contributed by atoms with Crippen LogP contribution in [0.3, 0.4) is 0 Å². The molecule has 37 heavy (non-hydrogen) atoms. The molecule has 0 fully saturated rings. The molecule has 4 N–H and O–H groups in total. The van der Waals surface area contributed by atoms with E-state index in [1.807, 2.05) is 13.0 Å². The molecule has 5 rings (SSSR count). The predicted molar refractivity (Wildman–Crippen MR) is 136 cm³/mol. The standard InChI is InChI=1S/C27H23N5O5/c1-15(29-25(34)17-5-3-2-4-6-17)18-8-9-20-19(12-18)26(35)32-24(31-20)27(36)28-13-16-7-10-22-21(11-16)30-23(33)14-37-22/h2-12,15H,13-14H2,1H3,(H,28,36)(H,29,34)(H,30,33)(H,31,32,35)/t15-/m1/s1. The summed E-state index contributed by atoms with van der Waals surface area (Å²) in [4.78, 5) is 56.3. The molecule has 0 radical (unpaired) electrons. The van der Waals surface area contributed by atoms with E-state index >= 15 is 0 Å². The van der Waals surface area contributed by atoms with Crippen LogP contribution in [0, 0.1) is 0 Å². The number of hydrogen-bond acceptors (Lipinski definition) is 6. The van der Waals surface area contributed by atoms with Crippen molar-refractivity contribution >= 4 is 34.3 Å². The molecule has 0 saturated heterocycles. The summed E-state index contributed by atoms with van der Waals surface area (Å²) < 4.78 is 5.33. The molecular weight excluding hydrogens is 474 g/mol. The first-order chi connectivity index (χ1) is 17.9. The van der Waals surface area contributed by atoms with E-state index in [1.54, 1.807) is 60.7 Å². The van der Waals surface area contributed by atoms with Crippen LogP contribution in [0.4, 0.5) is 5.69 Å². The van der Waals surface area contributed by atoms with Crippen LogP contribution in [-0.4, -0.2) is 34.3 Å². The minimum Gasteiger partial charge on any atom is -0.482 e. The Morgan fingerprint density at radius 1 is 1.03 bits per heavy atom. The summed E-state index contributed by atoms with van der Waals surface area (Å²) in [7, 11) is 0. The van der Waals surface area contributed by atoms with Crippen LogP contribution in [0.5, 0.6) is 5.75 Å². The number of aromatic amines is 1. The summed E-state index contributed by atoms with van der Waals surface area (Å²) in [5.41, 5.74) is 2.42. The van der Waals surface area contributed by atoms with Crippen molar-refractivity contribution in [2.45, 2.75) is 19.5 Å². The molecule has 3 aromatic carbocycles. The first-order valence-corrected chi connectivity index (χ1v) is 11.6. The van der Waals surface area contributed by atoms with E-state index in [1.165, 1.54) is 0 Å². The predicted octanol–water partition coefficient (Wildman–Crippen LogP) is 2.67. The zero-order valence-electron chi connectivity index (χ0n) is 19.8. The molecule has 2 heterocycles. The normalized spacial score (nSPS) is 13.2. The van der Waals surface area contributed by atoms with Crippen LogP contribution >= 0.6 is 0 Å². The fourth-order valence-corrected chi connectivity index (χ4v) is 3.99. The molecule has 1 aliphatic heterocycles. The third-order valence-corrected chi connectivity index (χ3v) is 5.96. The summed E-state index contributed by atoms with van der Waals surface area (Å²) in [5, 5.41) is 8.66. The summed E-state index contributed by atoms with van der Waals surface area (Å²) in [6, 6.07) is 18.8. The quantitative estimate of drug-likeness (QED) is 0.323. The van der Waals surface area contributed by atoms with Crippen molar-refractivity contribution in [2.75, 3.05) is 11.9 Å². The van der Waals surface area contributed by atoms with Gasteiger partial charge in [-0.2, -0.15) is 0 Å². The summed E-state index contributed by atoms with van der Waals surface area (Å²) in [6.07, 6.45) is 0. The van der Waals surface area contributed by atoms with Gasteiger partial charge in [-0.15, -0.1) is 0 Å². The zero-order chi connectivity index (χ0) is 25.9. The number of benzene rings is 3. The molecule has 1 atom stereocenters. The van der Waals surface area contributed by atoms with Crippen molar-refractivity contribution in [2.24, 2.45) is 0 Å². The largest absolute Gasteiger partial charge is 0.482 e. The van der Waals surface area contributed by atoms with Gasteiger partial charge in [0.25, 0.3) is 23.3 Å². The van der Waals surface area contributed by atoms with Crippen molar-refractivity contribution < 1.29 is 19.1 Å². The second-order valence-electron chi connectivity index (χ2n) is 8.60. The highest BCUT2D eigenvalue weighted by molar-refractivity contribution is 5.96. The smallest absolute Gasteiger partial charge is 0.287 e. The summed E-state index contributed by atoms with van der Waals surface area (Å²) >= 11 is 0. The highest BCUT2D eigenvalue weighted by atomic mass is 16.5. The van der Waals surface area contributed by atoms with Gasteiger partial charge in [0.1, 0.15) is 5.75 Å². The number of nitrogens with zero attached hydrogens (tertiary/aromatic N) is 1. The number of ether oxygens (including phenoxy) is 1. The van der Waals surface area contributed by atoms with Crippen LogP contribution in [0.15, 0.2) is 71.5 Å². The molecule has 3 amide bonds. The van der Waals surface area contributed by atoms with Gasteiger partial charge in [-0.05, 0) is 54.4 Å². The van der Waals surface area contributed by atoms with Crippen LogP contribution in [0.1, 0.15) is 45.1 Å². The SMILES string of the molecule is C[C@@H](NC(=O)c1ccccc1)c1ccc2nc(C(=O)NCc3ccc4c(c3)NC(=O)CO4)[nH]c(=O)c2c1. The lowest BCUT2D eigenvalue weighted by atomic mass is 10.1. The second kappa shape index (κ2) is 9.94. The molecule has 10 heteroatoms. The topological polar surface area (TPSA) is 142 Å². The Bertz CT molecular complexity index is 1580. The maximum atomic E-state index is 12.8. The number of anilines is 1. The van der Waals surface area contributed by atoms with Crippen LogP contribution < -0.4 is 26.2 Å². The van der Waals surface area contributed by atoms with Gasteiger partial charge in [-0.25, -0.2) is 4.98 Å². The van der Waals surface area contributed by atoms with E-state index in [4.69, 9.17) is 4.74 Å². The fraction of sp³-hybridized carbons (Fsp3) is 0.148. The van der Waals surface area contributed by atoms with Gasteiger partial charge < -0.3 is 25.7 Å². The van der Waals surface area contributed by atoms with Crippen molar-refractivity contribution in [1.82, 2.24) is 20.6 Å². The number of rotatable bonds is 6. The molecule has 186 valence electrons. The van der Waals surface area contributed by atoms with E-state index < -0.39 is 11.5 Å². The van der Waals surface area contributed by atoms with Crippen molar-refractivity contribution in [1.29, 1.82) is 0 Å². The number of aromatic nitrogens is 2. The Hall–Kier alpha value is -4.99. The first kappa shape index (κ1) is 23.7. The molecule has 10 nitrogen and oxygen atoms in total. The van der Waals surface area contributed by atoms with E-state index in [0.29, 0.717) is 27.9 Å². The number of carbonyl (C=O) groups is 3. The lowest BCUT2D eigenvalue weighted by molar-refractivity contribution is -0.118. The maximum Gasteiger partial charge on any atom is 0.287 e. The lowest BCUT2D eigenvalue weighted by Crippen LogP contribution is -2.28. The van der Waals surface area contributed by atoms with Gasteiger partial charge in [0, 0.05) is 12.1 Å². The maximum absolute atomic E-state index is 12.8. The van der Waals surface area contributed by atoms with Gasteiger partial charge >= 0.3 is 0 Å². The average Bonchev–Trinajstić information content (AvgIpc) is 2.91. The highest BCUT2D eigenvalue weighted by Crippen LogP contribution is 2.28. The minimum absolute atomic E-state index is 0.0349. The molecule has 4 aromatic rings. The minimum atomic E-state index is -0.551. The van der Waals surface area contributed by atoms with Gasteiger partial charge in [0.15, 0.2) is 12.4 Å². The van der Waals surface area contributed by atoms with Crippen LogP contribution in [0.2, 0.25) is 0 Å². The van der Waals surface area contributed by atoms with E-state index in [2.05, 4.69) is 25.9 Å². The number of nitrogens with one attached hydrogen (secondary N) is 4. The van der Waals surface area contributed by atoms with E-state index in [-0.39, 0.29) is 36.8 Å². The lowest BCUT2D eigenvalue weighted by Gasteiger charge is -2.18. The van der Waals surface area contributed by atoms with E-state index in [9.17, 15) is 19.2 Å². The molecule has 1 aromatic heterocycles. The molecular formula is C27H23N5O5. The van der Waals surface area contributed by atoms with Gasteiger partial charge in [0.05, 0.1) is 22.6 Å². The highest BCUT2D eigenvalue weighted by Gasteiger charge is 2.18. The first-order valence-electron chi connectivity index (χ1n) is 11.6. The van der Waals surface area contributed by atoms with Crippen LogP contribution in [-0.2, 0) is 11.3 Å². The van der Waals surface area contributed by atoms with Crippen LogP contribution in [0.25, 0.3) is 10.9 Å². The number of fused-ring (bicyclic) bond motifs is 2. The Morgan fingerprint density at radius 3 is 2.65 bits per heavy atom. The average molecular weight is 498 g/mol. The molecule has 0 saturated carbocycles. The molecule has 0 spiro atoms. The van der Waals surface area contributed by atoms with Gasteiger partial charge in [0.2, 0.25) is 0 Å². The van der Waals surface area contributed by atoms with E-state index in [0.717, 1.165) is 11.1 Å². The number of H-pyrrole nitrogens is 1. The Labute approximate surface area is 211 Å². The summed E-state index contributed by atoms with van der Waals surface area (Å²) in [6.45, 7) is 1.94. The number of amides is 3. The third kappa shape index (κ3) is 5.18. The van der Waals surface area contributed by atoms with Crippen molar-refractivity contribution in [3.63, 3.8) is 0 Å². The number of hydrogen-bond donors (Lipinski definition) is 4. The molecule has 0 aliphatic carbocycles. The Morgan fingerprint density at radius 2 is 1.84 bits per heavy atom. The fourth-order valence-electron chi connectivity index (χ4n) is 3.99. The molecule has 0 unspecified atom stereocenters. The van der Waals surface area contributed by atoms with Crippen molar-refractivity contribution in [3.05, 3.63) is 99.6 Å².